The summed E-state index contributed by atoms with van der Waals surface area (Å²) in [6, 6.07) is 4.97. The topological polar surface area (TPSA) is 69.2 Å². The molecule has 3 heterocycles. The van der Waals surface area contributed by atoms with Gasteiger partial charge in [-0.1, -0.05) is 11.6 Å². The number of piperidine rings is 1. The van der Waals surface area contributed by atoms with Gasteiger partial charge in [0.05, 0.1) is 26.9 Å². The molecule has 0 aromatic carbocycles. The number of aliphatic hydroxyl groups excluding tert-OH is 1. The van der Waals surface area contributed by atoms with Crippen LogP contribution in [-0.4, -0.2) is 52.0 Å². The minimum Gasteiger partial charge on any atom is -0.396 e. The molecule has 2 aliphatic rings. The Bertz CT molecular complexity index is 851. The molecule has 5 nitrogen and oxygen atoms in total. The smallest absolute Gasteiger partial charge is 0.396 e. The number of nitrogens with zero attached hydrogens (tertiary/aromatic N) is 2. The van der Waals surface area contributed by atoms with Gasteiger partial charge in [0.1, 0.15) is 0 Å². The number of rotatable bonds is 3. The Balaban J connectivity index is 1.56. The normalized spacial score (nSPS) is 28.3. The predicted molar refractivity (Wildman–Crippen MR) is 85.4 cm³/mol. The Hall–Kier alpha value is -1.58. The molecule has 2 atom stereocenters. The molecule has 0 unspecified atom stereocenters. The summed E-state index contributed by atoms with van der Waals surface area (Å²) < 4.78 is 40.8. The molecule has 0 bridgehead atoms. The van der Waals surface area contributed by atoms with Crippen LogP contribution in [-0.2, 0) is 0 Å². The van der Waals surface area contributed by atoms with Crippen LogP contribution in [0.4, 0.5) is 13.2 Å². The second kappa shape index (κ2) is 5.21. The zero-order valence-electron chi connectivity index (χ0n) is 12.7. The first kappa shape index (κ1) is 16.9. The predicted octanol–water partition coefficient (Wildman–Crippen LogP) is 3.18. The van der Waals surface area contributed by atoms with Gasteiger partial charge < -0.3 is 10.0 Å². The van der Waals surface area contributed by atoms with E-state index in [9.17, 15) is 23.1 Å². The number of alkyl halides is 3. The first-order valence-electron chi connectivity index (χ1n) is 7.49. The van der Waals surface area contributed by atoms with Crippen molar-refractivity contribution in [3.8, 4) is 10.6 Å². The number of amides is 1. The number of H-pyrrole nitrogens is 1. The number of aromatic nitrogens is 2. The minimum atomic E-state index is -4.45. The first-order valence-corrected chi connectivity index (χ1v) is 8.69. The monoisotopic (exact) mass is 391 g/mol. The lowest BCUT2D eigenvalue weighted by atomic mass is 9.97. The van der Waals surface area contributed by atoms with Gasteiger partial charge >= 0.3 is 6.18 Å². The molecule has 2 aromatic heterocycles. The highest BCUT2D eigenvalue weighted by Gasteiger charge is 2.83. The largest absolute Gasteiger partial charge is 0.396 e. The fourth-order valence-electron chi connectivity index (χ4n) is 3.78. The first-order chi connectivity index (χ1) is 11.7. The van der Waals surface area contributed by atoms with E-state index in [1.165, 1.54) is 17.4 Å². The van der Waals surface area contributed by atoms with E-state index in [4.69, 9.17) is 11.6 Å². The van der Waals surface area contributed by atoms with E-state index in [-0.39, 0.29) is 18.7 Å². The number of likely N-dealkylation sites (tertiary alicyclic amines) is 1. The number of halogens is 4. The zero-order valence-corrected chi connectivity index (χ0v) is 14.3. The SMILES string of the molecule is O=C(c1cc(-c2ccc(Cl)s2)[nH]n1)N1C[C@@]2(CO)C[C@@]2(C(F)(F)F)C1. The summed E-state index contributed by atoms with van der Waals surface area (Å²) in [4.78, 5) is 14.5. The van der Waals surface area contributed by atoms with Gasteiger partial charge in [-0.2, -0.15) is 18.3 Å². The molecule has 25 heavy (non-hydrogen) atoms. The van der Waals surface area contributed by atoms with Crippen LogP contribution in [0.25, 0.3) is 10.6 Å². The minimum absolute atomic E-state index is 0.0474. The van der Waals surface area contributed by atoms with Crippen LogP contribution in [0.15, 0.2) is 18.2 Å². The molecule has 1 saturated carbocycles. The lowest BCUT2D eigenvalue weighted by Crippen LogP contribution is -2.36. The van der Waals surface area contributed by atoms with Crippen LogP contribution in [0.1, 0.15) is 16.9 Å². The highest BCUT2D eigenvalue weighted by Crippen LogP contribution is 2.74. The maximum Gasteiger partial charge on any atom is 0.396 e. The quantitative estimate of drug-likeness (QED) is 0.844. The number of hydrogen-bond acceptors (Lipinski definition) is 4. The fraction of sp³-hybridized carbons (Fsp3) is 0.467. The van der Waals surface area contributed by atoms with Gasteiger partial charge in [0.25, 0.3) is 5.91 Å². The summed E-state index contributed by atoms with van der Waals surface area (Å²) in [7, 11) is 0. The van der Waals surface area contributed by atoms with Crippen LogP contribution in [0, 0.1) is 10.8 Å². The van der Waals surface area contributed by atoms with Crippen molar-refractivity contribution in [3.63, 3.8) is 0 Å². The third-order valence-electron chi connectivity index (χ3n) is 5.25. The van der Waals surface area contributed by atoms with Crippen LogP contribution in [0.3, 0.4) is 0 Å². The van der Waals surface area contributed by atoms with Gasteiger partial charge in [-0.3, -0.25) is 9.89 Å². The van der Waals surface area contributed by atoms with Crippen LogP contribution >= 0.6 is 22.9 Å². The van der Waals surface area contributed by atoms with E-state index in [0.29, 0.717) is 10.0 Å². The number of nitrogens with one attached hydrogen (secondary N) is 1. The maximum atomic E-state index is 13.4. The molecule has 2 aromatic rings. The van der Waals surface area contributed by atoms with E-state index >= 15 is 0 Å². The molecule has 0 spiro atoms. The van der Waals surface area contributed by atoms with Gasteiger partial charge in [0.2, 0.25) is 0 Å². The van der Waals surface area contributed by atoms with E-state index < -0.39 is 36.1 Å². The molecule has 4 rings (SSSR count). The number of hydrogen-bond donors (Lipinski definition) is 2. The lowest BCUT2D eigenvalue weighted by Gasteiger charge is -2.21. The average Bonchev–Trinajstić information content (AvgIpc) is 3.01. The van der Waals surface area contributed by atoms with Gasteiger partial charge in [-0.05, 0) is 24.6 Å². The van der Waals surface area contributed by atoms with Crippen molar-refractivity contribution in [3.05, 3.63) is 28.2 Å². The van der Waals surface area contributed by atoms with Crippen molar-refractivity contribution < 1.29 is 23.1 Å². The Labute approximate surface area is 149 Å². The molecular formula is C15H13ClF3N3O2S. The van der Waals surface area contributed by atoms with E-state index in [1.807, 2.05) is 0 Å². The molecule has 1 saturated heterocycles. The zero-order chi connectivity index (χ0) is 18.0. The van der Waals surface area contributed by atoms with Crippen LogP contribution in [0.2, 0.25) is 4.34 Å². The number of fused-ring (bicyclic) bond motifs is 1. The Morgan fingerprint density at radius 3 is 2.76 bits per heavy atom. The molecule has 0 radical (unpaired) electrons. The Kier molecular flexibility index (Phi) is 3.52. The molecular weight excluding hydrogens is 379 g/mol. The van der Waals surface area contributed by atoms with Gasteiger partial charge in [-0.15, -0.1) is 11.3 Å². The van der Waals surface area contributed by atoms with Crippen LogP contribution in [0.5, 0.6) is 0 Å². The van der Waals surface area contributed by atoms with Crippen molar-refractivity contribution >= 4 is 28.8 Å². The molecule has 2 N–H and O–H groups in total. The summed E-state index contributed by atoms with van der Waals surface area (Å²) in [6.07, 6.45) is -4.58. The Morgan fingerprint density at radius 2 is 2.20 bits per heavy atom. The van der Waals surface area contributed by atoms with E-state index in [0.717, 1.165) is 9.78 Å². The molecule has 1 aliphatic carbocycles. The molecule has 1 amide bonds. The van der Waals surface area contributed by atoms with Crippen molar-refractivity contribution in [2.24, 2.45) is 10.8 Å². The fourth-order valence-corrected chi connectivity index (χ4v) is 4.79. The van der Waals surface area contributed by atoms with Crippen molar-refractivity contribution in [1.82, 2.24) is 15.1 Å². The van der Waals surface area contributed by atoms with Crippen molar-refractivity contribution in [2.45, 2.75) is 12.6 Å². The van der Waals surface area contributed by atoms with E-state index in [1.54, 1.807) is 12.1 Å². The number of aromatic amines is 1. The summed E-state index contributed by atoms with van der Waals surface area (Å²) >= 11 is 7.17. The average molecular weight is 392 g/mol. The number of carbonyl (C=O) groups is 1. The summed E-state index contributed by atoms with van der Waals surface area (Å²) in [5, 5.41) is 16.1. The standard InChI is InChI=1S/C15H13ClF3N3O2S/c16-11-2-1-10(25-11)8-3-9(21-20-8)12(24)22-5-13(7-23)4-14(13,6-22)15(17,18)19/h1-3,23H,4-7H2,(H,20,21)/t13-,14-/m1/s1. The third-order valence-corrected chi connectivity index (χ3v) is 6.52. The number of thiophene rings is 1. The maximum absolute atomic E-state index is 13.4. The van der Waals surface area contributed by atoms with E-state index in [2.05, 4.69) is 10.2 Å². The Morgan fingerprint density at radius 1 is 1.44 bits per heavy atom. The molecule has 134 valence electrons. The number of carbonyl (C=O) groups excluding carboxylic acids is 1. The third kappa shape index (κ3) is 2.32. The highest BCUT2D eigenvalue weighted by molar-refractivity contribution is 7.19. The lowest BCUT2D eigenvalue weighted by molar-refractivity contribution is -0.194. The number of aliphatic hydroxyl groups is 1. The summed E-state index contributed by atoms with van der Waals surface area (Å²) in [5.41, 5.74) is -2.65. The summed E-state index contributed by atoms with van der Waals surface area (Å²) in [5.74, 6) is -0.575. The van der Waals surface area contributed by atoms with Gasteiger partial charge in [0.15, 0.2) is 5.69 Å². The second-order valence-corrected chi connectivity index (χ2v) is 8.34. The van der Waals surface area contributed by atoms with Gasteiger partial charge in [-0.25, -0.2) is 0 Å². The van der Waals surface area contributed by atoms with Crippen molar-refractivity contribution in [1.29, 1.82) is 0 Å². The summed E-state index contributed by atoms with van der Waals surface area (Å²) in [6.45, 7) is -1.15. The van der Waals surface area contributed by atoms with Crippen molar-refractivity contribution in [2.75, 3.05) is 19.7 Å². The molecule has 2 fully saturated rings. The van der Waals surface area contributed by atoms with Gasteiger partial charge in [0, 0.05) is 18.5 Å². The molecule has 10 heteroatoms. The molecule has 1 aliphatic heterocycles. The highest BCUT2D eigenvalue weighted by atomic mass is 35.5. The second-order valence-electron chi connectivity index (χ2n) is 6.63. The van der Waals surface area contributed by atoms with Crippen LogP contribution < -0.4 is 0 Å².